The number of hydrogen-bond donors (Lipinski definition) is 0. The van der Waals surface area contributed by atoms with Gasteiger partial charge in [0.15, 0.2) is 0 Å². The number of carbonyl (C=O) groups is 1. The van der Waals surface area contributed by atoms with Crippen LogP contribution in [0.5, 0.6) is 5.75 Å². The number of benzene rings is 1. The van der Waals surface area contributed by atoms with E-state index in [1.54, 1.807) is 0 Å². The second kappa shape index (κ2) is 5.91. The lowest BCUT2D eigenvalue weighted by Gasteiger charge is -2.35. The monoisotopic (exact) mass is 313 g/mol. The molecule has 1 saturated carbocycles. The molecule has 1 aliphatic heterocycles. The Morgan fingerprint density at radius 3 is 2.91 bits per heavy atom. The van der Waals surface area contributed by atoms with E-state index in [1.807, 2.05) is 31.2 Å². The van der Waals surface area contributed by atoms with E-state index < -0.39 is 0 Å². The molecule has 0 amide bonds. The summed E-state index contributed by atoms with van der Waals surface area (Å²) in [6.45, 7) is 2.90. The first-order valence-electron chi connectivity index (χ1n) is 8.73. The fraction of sp³-hybridized carbons (Fsp3) is 0.526. The van der Waals surface area contributed by atoms with Crippen molar-refractivity contribution in [3.8, 4) is 5.75 Å². The smallest absolute Gasteiger partial charge is 0.354 e. The number of aromatic nitrogens is 1. The van der Waals surface area contributed by atoms with Crippen LogP contribution >= 0.6 is 0 Å². The van der Waals surface area contributed by atoms with Crippen molar-refractivity contribution in [1.82, 2.24) is 4.57 Å². The summed E-state index contributed by atoms with van der Waals surface area (Å²) in [5, 5.41) is 1.06. The van der Waals surface area contributed by atoms with Crippen LogP contribution in [-0.4, -0.2) is 23.8 Å². The number of nitrogens with zero attached hydrogens (tertiary/aromatic N) is 1. The highest BCUT2D eigenvalue weighted by Gasteiger charge is 2.34. The largest absolute Gasteiger partial charge is 0.489 e. The third kappa shape index (κ3) is 2.41. The molecule has 2 heterocycles. The Bertz CT molecular complexity index is 728. The molecule has 122 valence electrons. The number of hydrogen-bond acceptors (Lipinski definition) is 3. The molecule has 1 atom stereocenters. The number of ether oxygens (including phenoxy) is 2. The van der Waals surface area contributed by atoms with Crippen molar-refractivity contribution in [2.75, 3.05) is 13.2 Å². The molecule has 2 aromatic rings. The number of rotatable bonds is 3. The Labute approximate surface area is 136 Å². The molecule has 4 rings (SSSR count). The van der Waals surface area contributed by atoms with Crippen molar-refractivity contribution in [3.05, 3.63) is 30.0 Å². The molecule has 0 unspecified atom stereocenters. The van der Waals surface area contributed by atoms with Gasteiger partial charge in [-0.1, -0.05) is 31.4 Å². The Kier molecular flexibility index (Phi) is 3.76. The number of esters is 1. The van der Waals surface area contributed by atoms with Crippen molar-refractivity contribution in [2.45, 2.75) is 45.1 Å². The van der Waals surface area contributed by atoms with Gasteiger partial charge in [0.1, 0.15) is 18.1 Å². The van der Waals surface area contributed by atoms with Gasteiger partial charge in [0.2, 0.25) is 0 Å². The fourth-order valence-corrected chi connectivity index (χ4v) is 4.19. The summed E-state index contributed by atoms with van der Waals surface area (Å²) in [5.41, 5.74) is 1.73. The fourth-order valence-electron chi connectivity index (χ4n) is 4.19. The highest BCUT2D eigenvalue weighted by molar-refractivity contribution is 5.98. The molecule has 0 bridgehead atoms. The van der Waals surface area contributed by atoms with E-state index in [4.69, 9.17) is 9.47 Å². The molecule has 4 nitrogen and oxygen atoms in total. The third-order valence-electron chi connectivity index (χ3n) is 5.24. The van der Waals surface area contributed by atoms with Crippen LogP contribution < -0.4 is 4.74 Å². The van der Waals surface area contributed by atoms with Crippen LogP contribution in [0.1, 0.15) is 55.6 Å². The molecular weight excluding hydrogens is 290 g/mol. The van der Waals surface area contributed by atoms with Gasteiger partial charge >= 0.3 is 5.97 Å². The first-order chi connectivity index (χ1) is 11.3. The van der Waals surface area contributed by atoms with Gasteiger partial charge in [-0.2, -0.15) is 0 Å². The van der Waals surface area contributed by atoms with Crippen LogP contribution in [0.2, 0.25) is 0 Å². The first kappa shape index (κ1) is 14.6. The lowest BCUT2D eigenvalue weighted by atomic mass is 9.83. The quantitative estimate of drug-likeness (QED) is 0.792. The van der Waals surface area contributed by atoms with Crippen molar-refractivity contribution in [3.63, 3.8) is 0 Å². The van der Waals surface area contributed by atoms with Gasteiger partial charge < -0.3 is 14.0 Å². The summed E-state index contributed by atoms with van der Waals surface area (Å²) in [4.78, 5) is 12.5. The van der Waals surface area contributed by atoms with Crippen molar-refractivity contribution in [2.24, 2.45) is 5.92 Å². The maximum Gasteiger partial charge on any atom is 0.354 e. The summed E-state index contributed by atoms with van der Waals surface area (Å²) < 4.78 is 13.6. The minimum atomic E-state index is -0.225. The van der Waals surface area contributed by atoms with Crippen molar-refractivity contribution in [1.29, 1.82) is 0 Å². The van der Waals surface area contributed by atoms with E-state index in [2.05, 4.69) is 4.57 Å². The zero-order valence-electron chi connectivity index (χ0n) is 13.6. The SMILES string of the molecule is CCOC(=O)c1cc2cccc3c2n1[C@H](C1CCCCC1)CO3. The molecule has 2 aliphatic rings. The minimum Gasteiger partial charge on any atom is -0.489 e. The lowest BCUT2D eigenvalue weighted by molar-refractivity contribution is 0.0502. The van der Waals surface area contributed by atoms with Crippen LogP contribution in [-0.2, 0) is 4.74 Å². The highest BCUT2D eigenvalue weighted by atomic mass is 16.5. The standard InChI is InChI=1S/C19H23NO3/c1-2-22-19(21)15-11-14-9-6-10-17-18(14)20(15)16(12-23-17)13-7-4-3-5-8-13/h6,9-11,13,16H,2-5,7-8,12H2,1H3/t16-/m0/s1. The lowest BCUT2D eigenvalue weighted by Crippen LogP contribution is -2.32. The van der Waals surface area contributed by atoms with Crippen LogP contribution in [0.3, 0.4) is 0 Å². The molecule has 1 fully saturated rings. The second-order valence-corrected chi connectivity index (χ2v) is 6.59. The maximum absolute atomic E-state index is 12.5. The van der Waals surface area contributed by atoms with E-state index in [-0.39, 0.29) is 12.0 Å². The van der Waals surface area contributed by atoms with E-state index in [1.165, 1.54) is 32.1 Å². The summed E-state index contributed by atoms with van der Waals surface area (Å²) in [6, 6.07) is 8.22. The third-order valence-corrected chi connectivity index (χ3v) is 5.24. The van der Waals surface area contributed by atoms with Gasteiger partial charge in [-0.25, -0.2) is 4.79 Å². The molecule has 4 heteroatoms. The molecule has 1 aliphatic carbocycles. The highest BCUT2D eigenvalue weighted by Crippen LogP contribution is 2.42. The topological polar surface area (TPSA) is 40.5 Å². The van der Waals surface area contributed by atoms with Crippen LogP contribution in [0.15, 0.2) is 24.3 Å². The van der Waals surface area contributed by atoms with E-state index in [0.717, 1.165) is 16.7 Å². The Hall–Kier alpha value is -1.97. The Balaban J connectivity index is 1.84. The van der Waals surface area contributed by atoms with Gasteiger partial charge in [0.25, 0.3) is 0 Å². The normalized spacial score (nSPS) is 21.2. The average molecular weight is 313 g/mol. The molecule has 1 aromatic heterocycles. The summed E-state index contributed by atoms with van der Waals surface area (Å²) in [5.74, 6) is 1.24. The van der Waals surface area contributed by atoms with Crippen molar-refractivity contribution >= 4 is 16.9 Å². The van der Waals surface area contributed by atoms with E-state index >= 15 is 0 Å². The molecule has 0 saturated heterocycles. The summed E-state index contributed by atoms with van der Waals surface area (Å²) in [6.07, 6.45) is 6.33. The van der Waals surface area contributed by atoms with Gasteiger partial charge in [-0.3, -0.25) is 0 Å². The van der Waals surface area contributed by atoms with Gasteiger partial charge in [-0.15, -0.1) is 0 Å². The maximum atomic E-state index is 12.5. The zero-order chi connectivity index (χ0) is 15.8. The first-order valence-corrected chi connectivity index (χ1v) is 8.73. The molecule has 0 spiro atoms. The minimum absolute atomic E-state index is 0.225. The molecule has 1 aromatic carbocycles. The van der Waals surface area contributed by atoms with E-state index in [9.17, 15) is 4.79 Å². The second-order valence-electron chi connectivity index (χ2n) is 6.59. The van der Waals surface area contributed by atoms with Crippen LogP contribution in [0.4, 0.5) is 0 Å². The summed E-state index contributed by atoms with van der Waals surface area (Å²) >= 11 is 0. The molecular formula is C19H23NO3. The predicted molar refractivity (Wildman–Crippen MR) is 89.0 cm³/mol. The zero-order valence-corrected chi connectivity index (χ0v) is 13.6. The number of para-hydroxylation sites is 1. The van der Waals surface area contributed by atoms with Gasteiger partial charge in [0, 0.05) is 5.39 Å². The van der Waals surface area contributed by atoms with Gasteiger partial charge in [-0.05, 0) is 37.8 Å². The van der Waals surface area contributed by atoms with E-state index in [0.29, 0.717) is 24.8 Å². The molecule has 0 N–H and O–H groups in total. The molecule has 23 heavy (non-hydrogen) atoms. The van der Waals surface area contributed by atoms with Crippen molar-refractivity contribution < 1.29 is 14.3 Å². The van der Waals surface area contributed by atoms with Crippen LogP contribution in [0, 0.1) is 5.92 Å². The predicted octanol–water partition coefficient (Wildman–Crippen LogP) is 4.33. The number of carbonyl (C=O) groups excluding carboxylic acids is 1. The summed E-state index contributed by atoms with van der Waals surface area (Å²) in [7, 11) is 0. The molecule has 0 radical (unpaired) electrons. The Morgan fingerprint density at radius 2 is 2.13 bits per heavy atom. The average Bonchev–Trinajstić information content (AvgIpc) is 2.98. The van der Waals surface area contributed by atoms with Gasteiger partial charge in [0.05, 0.1) is 18.2 Å². The Morgan fingerprint density at radius 1 is 1.30 bits per heavy atom. The van der Waals surface area contributed by atoms with Crippen LogP contribution in [0.25, 0.3) is 10.9 Å².